The molecule has 4 rings (SSSR count). The summed E-state index contributed by atoms with van der Waals surface area (Å²) in [6.07, 6.45) is 1.38. The zero-order chi connectivity index (χ0) is 19.3. The lowest BCUT2D eigenvalue weighted by molar-refractivity contribution is 0.0754. The van der Waals surface area contributed by atoms with Crippen LogP contribution in [-0.2, 0) is 6.42 Å². The second-order valence-electron chi connectivity index (χ2n) is 6.49. The summed E-state index contributed by atoms with van der Waals surface area (Å²) in [5.41, 5.74) is 1.48. The number of benzene rings is 2. The highest BCUT2D eigenvalue weighted by molar-refractivity contribution is 5.94. The second kappa shape index (κ2) is 8.12. The topological polar surface area (TPSA) is 77.7 Å². The minimum absolute atomic E-state index is 0.0120. The average molecular weight is 379 g/mol. The molecule has 0 saturated carbocycles. The standard InChI is InChI=1S/C21H21N3O4/c1-2-11-24(21(25)15-6-4-3-5-7-15)12-10-19-22-20(23-28-19)16-8-9-17-18(13-16)27-14-26-17/h3-9,13H,2,10-12,14H2,1H3. The first-order chi connectivity index (χ1) is 13.7. The monoisotopic (exact) mass is 379 g/mol. The van der Waals surface area contributed by atoms with Crippen molar-refractivity contribution in [2.24, 2.45) is 0 Å². The third-order valence-electron chi connectivity index (χ3n) is 4.50. The number of carbonyl (C=O) groups is 1. The summed E-state index contributed by atoms with van der Waals surface area (Å²) in [5, 5.41) is 4.05. The van der Waals surface area contributed by atoms with E-state index < -0.39 is 0 Å². The Morgan fingerprint density at radius 1 is 1.07 bits per heavy atom. The molecule has 0 radical (unpaired) electrons. The predicted octanol–water partition coefficient (Wildman–Crippen LogP) is 3.56. The molecule has 0 saturated heterocycles. The molecule has 0 unspecified atom stereocenters. The van der Waals surface area contributed by atoms with Crippen LogP contribution in [0.5, 0.6) is 11.5 Å². The van der Waals surface area contributed by atoms with Crippen LogP contribution in [0.4, 0.5) is 0 Å². The van der Waals surface area contributed by atoms with E-state index in [-0.39, 0.29) is 12.7 Å². The van der Waals surface area contributed by atoms with Gasteiger partial charge in [-0.2, -0.15) is 4.98 Å². The number of carbonyl (C=O) groups excluding carboxylic acids is 1. The summed E-state index contributed by atoms with van der Waals surface area (Å²) >= 11 is 0. The smallest absolute Gasteiger partial charge is 0.253 e. The van der Waals surface area contributed by atoms with E-state index in [1.807, 2.05) is 53.4 Å². The Morgan fingerprint density at radius 2 is 1.89 bits per heavy atom. The van der Waals surface area contributed by atoms with Crippen LogP contribution in [0.15, 0.2) is 53.1 Å². The Labute approximate surface area is 162 Å². The second-order valence-corrected chi connectivity index (χ2v) is 6.49. The SMILES string of the molecule is CCCN(CCc1nc(-c2ccc3c(c2)OCO3)no1)C(=O)c1ccccc1. The molecule has 0 atom stereocenters. The van der Waals surface area contributed by atoms with Gasteiger partial charge in [0.1, 0.15) is 0 Å². The highest BCUT2D eigenvalue weighted by Crippen LogP contribution is 2.35. The third-order valence-corrected chi connectivity index (χ3v) is 4.50. The maximum absolute atomic E-state index is 12.7. The fourth-order valence-corrected chi connectivity index (χ4v) is 3.09. The van der Waals surface area contributed by atoms with Crippen LogP contribution in [0, 0.1) is 0 Å². The lowest BCUT2D eigenvalue weighted by Crippen LogP contribution is -2.33. The van der Waals surface area contributed by atoms with E-state index >= 15 is 0 Å². The molecule has 1 aliphatic heterocycles. The Morgan fingerprint density at radius 3 is 2.71 bits per heavy atom. The molecule has 1 aliphatic rings. The minimum atomic E-state index is 0.0120. The van der Waals surface area contributed by atoms with E-state index in [4.69, 9.17) is 14.0 Å². The van der Waals surface area contributed by atoms with Crippen molar-refractivity contribution in [3.8, 4) is 22.9 Å². The van der Waals surface area contributed by atoms with Gasteiger partial charge >= 0.3 is 0 Å². The molecule has 28 heavy (non-hydrogen) atoms. The summed E-state index contributed by atoms with van der Waals surface area (Å²) in [4.78, 5) is 19.0. The molecule has 0 fully saturated rings. The van der Waals surface area contributed by atoms with Crippen molar-refractivity contribution >= 4 is 5.91 Å². The number of ether oxygens (including phenoxy) is 2. The summed E-state index contributed by atoms with van der Waals surface area (Å²) in [6, 6.07) is 14.8. The van der Waals surface area contributed by atoms with E-state index in [0.29, 0.717) is 48.3 Å². The summed E-state index contributed by atoms with van der Waals surface area (Å²) in [6.45, 7) is 3.47. The average Bonchev–Trinajstić information content (AvgIpc) is 3.40. The van der Waals surface area contributed by atoms with Crippen LogP contribution >= 0.6 is 0 Å². The van der Waals surface area contributed by atoms with Gasteiger partial charge in [0.25, 0.3) is 5.91 Å². The van der Waals surface area contributed by atoms with Crippen molar-refractivity contribution in [3.63, 3.8) is 0 Å². The van der Waals surface area contributed by atoms with Crippen LogP contribution < -0.4 is 9.47 Å². The maximum Gasteiger partial charge on any atom is 0.253 e. The van der Waals surface area contributed by atoms with Gasteiger partial charge in [0.15, 0.2) is 11.5 Å². The van der Waals surface area contributed by atoms with E-state index in [1.165, 1.54) is 0 Å². The normalized spacial score (nSPS) is 12.2. The number of hydrogen-bond acceptors (Lipinski definition) is 6. The van der Waals surface area contributed by atoms with Gasteiger partial charge in [-0.3, -0.25) is 4.79 Å². The Balaban J connectivity index is 1.43. The highest BCUT2D eigenvalue weighted by Gasteiger charge is 2.18. The quantitative estimate of drug-likeness (QED) is 0.625. The molecule has 3 aromatic rings. The van der Waals surface area contributed by atoms with Gasteiger partial charge in [0.2, 0.25) is 18.5 Å². The summed E-state index contributed by atoms with van der Waals surface area (Å²) in [7, 11) is 0. The molecule has 1 aromatic heterocycles. The molecular formula is C21H21N3O4. The van der Waals surface area contributed by atoms with Crippen LogP contribution in [0.1, 0.15) is 29.6 Å². The van der Waals surface area contributed by atoms with Gasteiger partial charge in [-0.15, -0.1) is 0 Å². The van der Waals surface area contributed by atoms with Crippen LogP contribution in [-0.4, -0.2) is 40.8 Å². The van der Waals surface area contributed by atoms with Gasteiger partial charge < -0.3 is 18.9 Å². The fourth-order valence-electron chi connectivity index (χ4n) is 3.09. The molecular weight excluding hydrogens is 358 g/mol. The highest BCUT2D eigenvalue weighted by atomic mass is 16.7. The first-order valence-electron chi connectivity index (χ1n) is 9.31. The van der Waals surface area contributed by atoms with Crippen molar-refractivity contribution in [3.05, 3.63) is 60.0 Å². The molecule has 2 aromatic carbocycles. The van der Waals surface area contributed by atoms with Crippen LogP contribution in [0.25, 0.3) is 11.4 Å². The van der Waals surface area contributed by atoms with Crippen LogP contribution in [0.3, 0.4) is 0 Å². The summed E-state index contributed by atoms with van der Waals surface area (Å²) in [5.74, 6) is 2.38. The fraction of sp³-hybridized carbons (Fsp3) is 0.286. The van der Waals surface area contributed by atoms with Gasteiger partial charge in [0.05, 0.1) is 0 Å². The number of nitrogens with zero attached hydrogens (tertiary/aromatic N) is 3. The molecule has 1 amide bonds. The first-order valence-corrected chi connectivity index (χ1v) is 9.31. The molecule has 0 bridgehead atoms. The van der Waals surface area contributed by atoms with Crippen molar-refractivity contribution in [1.29, 1.82) is 0 Å². The largest absolute Gasteiger partial charge is 0.454 e. The molecule has 7 heteroatoms. The van der Waals surface area contributed by atoms with Gasteiger partial charge in [-0.1, -0.05) is 30.3 Å². The van der Waals surface area contributed by atoms with Crippen molar-refractivity contribution in [2.45, 2.75) is 19.8 Å². The van der Waals surface area contributed by atoms with Crippen LogP contribution in [0.2, 0.25) is 0 Å². The van der Waals surface area contributed by atoms with Crippen molar-refractivity contribution in [1.82, 2.24) is 15.0 Å². The third kappa shape index (κ3) is 3.83. The Hall–Kier alpha value is -3.35. The van der Waals surface area contributed by atoms with Gasteiger partial charge in [0, 0.05) is 30.6 Å². The number of rotatable bonds is 7. The minimum Gasteiger partial charge on any atom is -0.454 e. The zero-order valence-corrected chi connectivity index (χ0v) is 15.6. The van der Waals surface area contributed by atoms with Gasteiger partial charge in [-0.25, -0.2) is 0 Å². The van der Waals surface area contributed by atoms with E-state index in [2.05, 4.69) is 17.1 Å². The van der Waals surface area contributed by atoms with E-state index in [0.717, 1.165) is 12.0 Å². The Kier molecular flexibility index (Phi) is 5.23. The first kappa shape index (κ1) is 18.0. The van der Waals surface area contributed by atoms with Crippen molar-refractivity contribution < 1.29 is 18.8 Å². The Bertz CT molecular complexity index is 955. The lowest BCUT2D eigenvalue weighted by Gasteiger charge is -2.21. The summed E-state index contributed by atoms with van der Waals surface area (Å²) < 4.78 is 16.1. The number of aromatic nitrogens is 2. The number of hydrogen-bond donors (Lipinski definition) is 0. The maximum atomic E-state index is 12.7. The molecule has 0 N–H and O–H groups in total. The number of amides is 1. The molecule has 7 nitrogen and oxygen atoms in total. The van der Waals surface area contributed by atoms with Crippen molar-refractivity contribution in [2.75, 3.05) is 19.9 Å². The lowest BCUT2D eigenvalue weighted by atomic mass is 10.2. The van der Waals surface area contributed by atoms with E-state index in [1.54, 1.807) is 0 Å². The zero-order valence-electron chi connectivity index (χ0n) is 15.6. The predicted molar refractivity (Wildman–Crippen MR) is 102 cm³/mol. The molecule has 2 heterocycles. The number of fused-ring (bicyclic) bond motifs is 1. The molecule has 0 aliphatic carbocycles. The van der Waals surface area contributed by atoms with E-state index in [9.17, 15) is 4.79 Å². The molecule has 144 valence electrons. The molecule has 0 spiro atoms. The van der Waals surface area contributed by atoms with Gasteiger partial charge in [-0.05, 0) is 36.8 Å².